The molecule has 3 aliphatic rings. The maximum atomic E-state index is 14.6. The van der Waals surface area contributed by atoms with Gasteiger partial charge in [-0.1, -0.05) is 61.3 Å². The molecule has 0 spiro atoms. The van der Waals surface area contributed by atoms with Crippen molar-refractivity contribution in [3.8, 4) is 0 Å². The number of aromatic nitrogens is 2. The third kappa shape index (κ3) is 6.17. The predicted molar refractivity (Wildman–Crippen MR) is 182 cm³/mol. The van der Waals surface area contributed by atoms with E-state index in [1.54, 1.807) is 19.1 Å². The highest BCUT2D eigenvalue weighted by molar-refractivity contribution is 6.53. The first-order valence-electron chi connectivity index (χ1n) is 16.8. The van der Waals surface area contributed by atoms with E-state index in [2.05, 4.69) is 46.0 Å². The molecule has 3 saturated heterocycles. The van der Waals surface area contributed by atoms with Gasteiger partial charge in [0.2, 0.25) is 5.91 Å². The van der Waals surface area contributed by atoms with Crippen LogP contribution in [0.5, 0.6) is 0 Å². The highest BCUT2D eigenvalue weighted by Crippen LogP contribution is 2.45. The molecule has 6 rings (SSSR count). The van der Waals surface area contributed by atoms with Gasteiger partial charge in [-0.3, -0.25) is 14.5 Å². The van der Waals surface area contributed by atoms with Crippen LogP contribution < -0.4 is 5.32 Å². The Morgan fingerprint density at radius 2 is 1.72 bits per heavy atom. The van der Waals surface area contributed by atoms with Crippen molar-refractivity contribution in [3.05, 3.63) is 65.7 Å². The Morgan fingerprint density at radius 3 is 2.35 bits per heavy atom. The number of para-hydroxylation sites is 2. The predicted octanol–water partition coefficient (Wildman–Crippen LogP) is 6.94. The van der Waals surface area contributed by atoms with Gasteiger partial charge in [0.05, 0.1) is 11.0 Å². The number of nitrogens with zero attached hydrogens (tertiary/aromatic N) is 4. The number of aryl methyl sites for hydroxylation is 1. The Bertz CT molecular complexity index is 1570. The van der Waals surface area contributed by atoms with E-state index in [1.807, 2.05) is 24.8 Å². The number of carbonyl (C=O) groups is 2. The zero-order chi connectivity index (χ0) is 32.8. The zero-order valence-electron chi connectivity index (χ0n) is 27.3. The minimum atomic E-state index is -1.25. The summed E-state index contributed by atoms with van der Waals surface area (Å²) in [6, 6.07) is 16.9. The van der Waals surface area contributed by atoms with E-state index in [9.17, 15) is 14.0 Å². The van der Waals surface area contributed by atoms with Crippen LogP contribution in [0.3, 0.4) is 0 Å². The topological polar surface area (TPSA) is 70.5 Å². The normalized spacial score (nSPS) is 24.5. The van der Waals surface area contributed by atoms with Gasteiger partial charge in [0.1, 0.15) is 17.2 Å². The summed E-state index contributed by atoms with van der Waals surface area (Å²) in [6.45, 7) is 9.69. The van der Waals surface area contributed by atoms with E-state index in [4.69, 9.17) is 28.2 Å². The van der Waals surface area contributed by atoms with Gasteiger partial charge < -0.3 is 14.8 Å². The number of piperidine rings is 2. The minimum Gasteiger partial charge on any atom is -0.341 e. The number of carbonyl (C=O) groups excluding carboxylic acids is 2. The first-order valence-corrected chi connectivity index (χ1v) is 17.6. The van der Waals surface area contributed by atoms with Crippen LogP contribution in [0.1, 0.15) is 83.1 Å². The van der Waals surface area contributed by atoms with Crippen molar-refractivity contribution < 1.29 is 14.0 Å². The van der Waals surface area contributed by atoms with Crippen LogP contribution in [0.2, 0.25) is 0 Å². The number of hydrogen-bond donors (Lipinski definition) is 1. The zero-order valence-corrected chi connectivity index (χ0v) is 28.8. The standard InChI is InChI=1S/C36H46Cl2FN5O2/c1-23(2)35(4,41-33(45)32(37)38)34(46)42-17-14-36(15-18-42,25-8-7-9-26(39)20-25)16-19-43-27-12-13-28(43)22-29(21-27)44-24(3)40-30-10-5-6-11-31(30)44/h5-11,20,23,27-29,32H,12-19,21-22H2,1-4H3,(H,41,45). The second kappa shape index (κ2) is 13.1. The van der Waals surface area contributed by atoms with Gasteiger partial charge in [0.15, 0.2) is 4.84 Å². The number of hydrogen-bond acceptors (Lipinski definition) is 4. The number of amides is 2. The first-order chi connectivity index (χ1) is 21.9. The average molecular weight is 671 g/mol. The lowest BCUT2D eigenvalue weighted by molar-refractivity contribution is -0.144. The van der Waals surface area contributed by atoms with Crippen LogP contribution in [-0.2, 0) is 15.0 Å². The maximum Gasteiger partial charge on any atom is 0.254 e. The van der Waals surface area contributed by atoms with Gasteiger partial charge in [-0.2, -0.15) is 0 Å². The number of nitrogens with one attached hydrogen (secondary N) is 1. The quantitative estimate of drug-likeness (QED) is 0.251. The molecule has 7 nitrogen and oxygen atoms in total. The summed E-state index contributed by atoms with van der Waals surface area (Å²) in [5.74, 6) is -0.0306. The molecule has 1 N–H and O–H groups in total. The number of rotatable bonds is 9. The molecule has 10 heteroatoms. The van der Waals surface area contributed by atoms with Gasteiger partial charge >= 0.3 is 0 Å². The Morgan fingerprint density at radius 1 is 1.04 bits per heavy atom. The maximum absolute atomic E-state index is 14.6. The number of alkyl halides is 2. The van der Waals surface area contributed by atoms with Crippen LogP contribution >= 0.6 is 23.2 Å². The minimum absolute atomic E-state index is 0.139. The molecular formula is C36H46Cl2FN5O2. The highest BCUT2D eigenvalue weighted by Gasteiger charge is 2.47. The lowest BCUT2D eigenvalue weighted by atomic mass is 9.69. The van der Waals surface area contributed by atoms with Crippen molar-refractivity contribution in [2.24, 2.45) is 5.92 Å². The molecule has 3 unspecified atom stereocenters. The lowest BCUT2D eigenvalue weighted by Crippen LogP contribution is -2.63. The summed E-state index contributed by atoms with van der Waals surface area (Å²) in [5, 5.41) is 2.80. The van der Waals surface area contributed by atoms with Crippen molar-refractivity contribution in [2.75, 3.05) is 19.6 Å². The van der Waals surface area contributed by atoms with E-state index in [0.29, 0.717) is 31.2 Å². The smallest absolute Gasteiger partial charge is 0.254 e. The van der Waals surface area contributed by atoms with Crippen molar-refractivity contribution in [1.29, 1.82) is 0 Å². The third-order valence-electron chi connectivity index (χ3n) is 11.5. The fraction of sp³-hybridized carbons (Fsp3) is 0.583. The Balaban J connectivity index is 1.18. The van der Waals surface area contributed by atoms with E-state index in [0.717, 1.165) is 55.6 Å². The van der Waals surface area contributed by atoms with Crippen LogP contribution in [0.25, 0.3) is 11.0 Å². The van der Waals surface area contributed by atoms with Gasteiger partial charge in [-0.05, 0) is 106 Å². The van der Waals surface area contributed by atoms with Crippen LogP contribution in [0.4, 0.5) is 4.39 Å². The molecule has 2 bridgehead atoms. The second-order valence-corrected chi connectivity index (χ2v) is 15.3. The first kappa shape index (κ1) is 33.2. The summed E-state index contributed by atoms with van der Waals surface area (Å²) >= 11 is 11.6. The summed E-state index contributed by atoms with van der Waals surface area (Å²) < 4.78 is 17.1. The van der Waals surface area contributed by atoms with E-state index < -0.39 is 16.3 Å². The molecule has 0 saturated carbocycles. The molecule has 3 aromatic rings. The molecule has 0 radical (unpaired) electrons. The van der Waals surface area contributed by atoms with Crippen LogP contribution in [0.15, 0.2) is 48.5 Å². The molecule has 248 valence electrons. The summed E-state index contributed by atoms with van der Waals surface area (Å²) in [6.07, 6.45) is 6.98. The Hall–Kier alpha value is -2.68. The summed E-state index contributed by atoms with van der Waals surface area (Å²) in [7, 11) is 0. The number of likely N-dealkylation sites (tertiary alicyclic amines) is 1. The van der Waals surface area contributed by atoms with E-state index >= 15 is 0 Å². The van der Waals surface area contributed by atoms with E-state index in [1.165, 1.54) is 24.4 Å². The van der Waals surface area contributed by atoms with Gasteiger partial charge in [0.25, 0.3) is 5.91 Å². The van der Waals surface area contributed by atoms with Crippen molar-refractivity contribution in [1.82, 2.24) is 24.7 Å². The SMILES string of the molecule is Cc1nc2ccccc2n1C1CC2CCC(C1)N2CCC1(c2cccc(F)c2)CCN(C(=O)C(C)(NC(=O)C(Cl)Cl)C(C)C)CC1. The molecule has 2 aromatic carbocycles. The Kier molecular flexibility index (Phi) is 9.45. The molecular weight excluding hydrogens is 624 g/mol. The second-order valence-electron chi connectivity index (χ2n) is 14.2. The largest absolute Gasteiger partial charge is 0.341 e. The molecule has 0 aliphatic carbocycles. The molecule has 4 heterocycles. The average Bonchev–Trinajstić information content (AvgIpc) is 3.49. The molecule has 2 amide bonds. The van der Waals surface area contributed by atoms with E-state index in [-0.39, 0.29) is 23.1 Å². The van der Waals surface area contributed by atoms with Gasteiger partial charge in [-0.15, -0.1) is 0 Å². The molecule has 46 heavy (non-hydrogen) atoms. The number of fused-ring (bicyclic) bond motifs is 3. The molecule has 1 aromatic heterocycles. The fourth-order valence-corrected chi connectivity index (χ4v) is 8.62. The third-order valence-corrected chi connectivity index (χ3v) is 11.9. The van der Waals surface area contributed by atoms with Crippen LogP contribution in [0, 0.1) is 18.7 Å². The molecule has 3 atom stereocenters. The highest BCUT2D eigenvalue weighted by atomic mass is 35.5. The van der Waals surface area contributed by atoms with Crippen molar-refractivity contribution in [3.63, 3.8) is 0 Å². The van der Waals surface area contributed by atoms with Crippen molar-refractivity contribution in [2.45, 2.75) is 107 Å². The summed E-state index contributed by atoms with van der Waals surface area (Å²) in [4.78, 5) is 34.5. The number of benzene rings is 2. The van der Waals surface area contributed by atoms with Crippen LogP contribution in [-0.4, -0.2) is 73.3 Å². The summed E-state index contributed by atoms with van der Waals surface area (Å²) in [5.41, 5.74) is 1.91. The Labute approximate surface area is 281 Å². The number of halogens is 3. The monoisotopic (exact) mass is 669 g/mol. The number of imidazole rings is 1. The fourth-order valence-electron chi connectivity index (χ4n) is 8.51. The van der Waals surface area contributed by atoms with Crippen molar-refractivity contribution >= 4 is 46.0 Å². The lowest BCUT2D eigenvalue weighted by Gasteiger charge is -2.47. The molecule has 3 fully saturated rings. The molecule has 3 aliphatic heterocycles. The van der Waals surface area contributed by atoms with Gasteiger partial charge in [-0.25, -0.2) is 9.37 Å². The van der Waals surface area contributed by atoms with Gasteiger partial charge in [0, 0.05) is 31.2 Å².